The van der Waals surface area contributed by atoms with Crippen molar-refractivity contribution in [2.24, 2.45) is 0 Å². The first-order valence-corrected chi connectivity index (χ1v) is 8.77. The lowest BCUT2D eigenvalue weighted by atomic mass is 10.0. The number of benzene rings is 2. The molecule has 136 valence electrons. The van der Waals surface area contributed by atoms with E-state index in [-0.39, 0.29) is 16.5 Å². The monoisotopic (exact) mass is 380 g/mol. The molecule has 1 N–H and O–H groups in total. The highest BCUT2D eigenvalue weighted by Crippen LogP contribution is 2.39. The molecule has 0 saturated heterocycles. The predicted octanol–water partition coefficient (Wildman–Crippen LogP) is 4.16. The second-order valence-corrected chi connectivity index (χ2v) is 6.75. The summed E-state index contributed by atoms with van der Waals surface area (Å²) in [5, 5.41) is 22.4. The molecule has 4 rings (SSSR count). The van der Waals surface area contributed by atoms with E-state index in [9.17, 15) is 15.0 Å². The molecule has 0 unspecified atom stereocenters. The average molecular weight is 381 g/mol. The van der Waals surface area contributed by atoms with Crippen LogP contribution in [0.3, 0.4) is 0 Å². The van der Waals surface area contributed by atoms with Crippen LogP contribution in [0.4, 0.5) is 0 Å². The molecular formula is C21H15ClNO4-. The molecule has 3 aromatic rings. The SMILES string of the molecule is COc1cc(/C=C2\CCc3c2nc2ccccc2c3C(=O)O)cc(Cl)c1[O-]. The van der Waals surface area contributed by atoms with Gasteiger partial charge in [-0.1, -0.05) is 29.8 Å². The third-order valence-corrected chi connectivity index (χ3v) is 5.03. The molecule has 0 fully saturated rings. The van der Waals surface area contributed by atoms with Gasteiger partial charge in [-0.3, -0.25) is 0 Å². The van der Waals surface area contributed by atoms with Crippen molar-refractivity contribution < 1.29 is 19.7 Å². The number of aromatic nitrogens is 1. The summed E-state index contributed by atoms with van der Waals surface area (Å²) < 4.78 is 5.09. The lowest BCUT2D eigenvalue weighted by Crippen LogP contribution is -2.05. The zero-order valence-electron chi connectivity index (χ0n) is 14.5. The first-order valence-electron chi connectivity index (χ1n) is 8.40. The molecule has 1 aliphatic carbocycles. The van der Waals surface area contributed by atoms with Crippen LogP contribution >= 0.6 is 11.6 Å². The molecule has 0 spiro atoms. The van der Waals surface area contributed by atoms with Crippen LogP contribution in [0.15, 0.2) is 36.4 Å². The predicted molar refractivity (Wildman–Crippen MR) is 102 cm³/mol. The van der Waals surface area contributed by atoms with Gasteiger partial charge in [-0.15, -0.1) is 0 Å². The maximum absolute atomic E-state index is 11.9. The van der Waals surface area contributed by atoms with Gasteiger partial charge in [0, 0.05) is 10.4 Å². The molecule has 1 heterocycles. The second-order valence-electron chi connectivity index (χ2n) is 6.34. The Balaban J connectivity index is 1.90. The van der Waals surface area contributed by atoms with Crippen LogP contribution < -0.4 is 9.84 Å². The number of halogens is 1. The van der Waals surface area contributed by atoms with E-state index in [2.05, 4.69) is 0 Å². The first-order chi connectivity index (χ1) is 13.0. The number of nitrogens with zero attached hydrogens (tertiary/aromatic N) is 1. The van der Waals surface area contributed by atoms with Crippen molar-refractivity contribution in [3.63, 3.8) is 0 Å². The summed E-state index contributed by atoms with van der Waals surface area (Å²) in [4.78, 5) is 16.6. The lowest BCUT2D eigenvalue weighted by Gasteiger charge is -2.15. The summed E-state index contributed by atoms with van der Waals surface area (Å²) in [6, 6.07) is 10.4. The average Bonchev–Trinajstić information content (AvgIpc) is 3.04. The van der Waals surface area contributed by atoms with Crippen LogP contribution in [0.1, 0.15) is 33.6 Å². The number of rotatable bonds is 3. The van der Waals surface area contributed by atoms with Gasteiger partial charge in [-0.2, -0.15) is 0 Å². The van der Waals surface area contributed by atoms with Crippen molar-refractivity contribution >= 4 is 40.1 Å². The van der Waals surface area contributed by atoms with Gasteiger partial charge in [-0.25, -0.2) is 9.78 Å². The van der Waals surface area contributed by atoms with Gasteiger partial charge in [0.15, 0.2) is 0 Å². The molecule has 27 heavy (non-hydrogen) atoms. The summed E-state index contributed by atoms with van der Waals surface area (Å²) >= 11 is 6.01. The van der Waals surface area contributed by atoms with E-state index in [1.54, 1.807) is 18.2 Å². The molecular weight excluding hydrogens is 366 g/mol. The van der Waals surface area contributed by atoms with Crippen LogP contribution in [0.25, 0.3) is 22.6 Å². The molecule has 5 nitrogen and oxygen atoms in total. The van der Waals surface area contributed by atoms with Gasteiger partial charge in [0.1, 0.15) is 5.75 Å². The van der Waals surface area contributed by atoms with Gasteiger partial charge < -0.3 is 14.9 Å². The molecule has 0 amide bonds. The second kappa shape index (κ2) is 6.59. The molecule has 0 aliphatic heterocycles. The number of methoxy groups -OCH3 is 1. The summed E-state index contributed by atoms with van der Waals surface area (Å²) in [5.74, 6) is -1.14. The number of fused-ring (bicyclic) bond motifs is 2. The molecule has 1 aliphatic rings. The minimum absolute atomic E-state index is 0.0807. The van der Waals surface area contributed by atoms with Gasteiger partial charge in [0.2, 0.25) is 0 Å². The highest BCUT2D eigenvalue weighted by atomic mass is 35.5. The Kier molecular flexibility index (Phi) is 4.24. The van der Waals surface area contributed by atoms with Crippen molar-refractivity contribution in [2.75, 3.05) is 7.11 Å². The van der Waals surface area contributed by atoms with E-state index >= 15 is 0 Å². The van der Waals surface area contributed by atoms with Crippen molar-refractivity contribution in [1.82, 2.24) is 4.98 Å². The largest absolute Gasteiger partial charge is 0.869 e. The van der Waals surface area contributed by atoms with Crippen molar-refractivity contribution in [2.45, 2.75) is 12.8 Å². The number of para-hydroxylation sites is 1. The zero-order chi connectivity index (χ0) is 19.1. The molecule has 0 atom stereocenters. The standard InChI is InChI=1S/C21H16ClNO4/c1-27-17-10-11(9-15(22)20(17)24)8-12-6-7-14-18(21(25)26)13-4-2-3-5-16(13)23-19(12)14/h2-5,8-10,24H,6-7H2,1H3,(H,25,26)/p-1/b12-8+. The summed E-state index contributed by atoms with van der Waals surface area (Å²) in [6.07, 6.45) is 3.15. The summed E-state index contributed by atoms with van der Waals surface area (Å²) in [5.41, 5.74) is 4.01. The Bertz CT molecular complexity index is 1120. The molecule has 0 radical (unpaired) electrons. The molecule has 1 aromatic heterocycles. The van der Waals surface area contributed by atoms with E-state index in [0.717, 1.165) is 11.1 Å². The van der Waals surface area contributed by atoms with Crippen molar-refractivity contribution in [3.8, 4) is 11.5 Å². The Hall–Kier alpha value is -3.05. The smallest absolute Gasteiger partial charge is 0.336 e. The summed E-state index contributed by atoms with van der Waals surface area (Å²) in [7, 11) is 1.42. The number of carbonyl (C=O) groups is 1. The Morgan fingerprint density at radius 2 is 2.07 bits per heavy atom. The van der Waals surface area contributed by atoms with Crippen molar-refractivity contribution in [3.05, 3.63) is 63.8 Å². The third kappa shape index (κ3) is 2.90. The van der Waals surface area contributed by atoms with Crippen molar-refractivity contribution in [1.29, 1.82) is 0 Å². The van der Waals surface area contributed by atoms with Crippen LogP contribution in [-0.4, -0.2) is 23.2 Å². The first kappa shape index (κ1) is 17.4. The lowest BCUT2D eigenvalue weighted by molar-refractivity contribution is -0.269. The quantitative estimate of drug-likeness (QED) is 0.737. The normalized spacial score (nSPS) is 14.5. The fourth-order valence-electron chi connectivity index (χ4n) is 3.55. The number of hydrogen-bond acceptors (Lipinski definition) is 4. The van der Waals surface area contributed by atoms with Crippen LogP contribution in [0, 0.1) is 0 Å². The maximum atomic E-state index is 11.9. The minimum atomic E-state index is -0.952. The van der Waals surface area contributed by atoms with Gasteiger partial charge >= 0.3 is 5.97 Å². The fraction of sp³-hybridized carbons (Fsp3) is 0.143. The Morgan fingerprint density at radius 3 is 2.81 bits per heavy atom. The van der Waals surface area contributed by atoms with Gasteiger partial charge in [0.05, 0.1) is 23.9 Å². The van der Waals surface area contributed by atoms with E-state index < -0.39 is 5.97 Å². The Morgan fingerprint density at radius 1 is 1.30 bits per heavy atom. The number of pyridine rings is 1. The number of carboxylic acid groups (broad SMARTS) is 1. The van der Waals surface area contributed by atoms with E-state index in [0.29, 0.717) is 40.6 Å². The van der Waals surface area contributed by atoms with E-state index in [1.807, 2.05) is 24.3 Å². The number of ether oxygens (including phenoxy) is 1. The highest BCUT2D eigenvalue weighted by molar-refractivity contribution is 6.32. The molecule has 6 heteroatoms. The van der Waals surface area contributed by atoms with Gasteiger partial charge in [-0.05, 0) is 59.6 Å². The summed E-state index contributed by atoms with van der Waals surface area (Å²) in [6.45, 7) is 0. The minimum Gasteiger partial charge on any atom is -0.869 e. The van der Waals surface area contributed by atoms with Crippen LogP contribution in [0.2, 0.25) is 5.02 Å². The molecule has 0 bridgehead atoms. The van der Waals surface area contributed by atoms with Crippen LogP contribution in [0.5, 0.6) is 11.5 Å². The number of aromatic carboxylic acids is 1. The molecule has 2 aromatic carbocycles. The van der Waals surface area contributed by atoms with E-state index in [1.165, 1.54) is 7.11 Å². The fourth-order valence-corrected chi connectivity index (χ4v) is 3.77. The number of hydrogen-bond donors (Lipinski definition) is 1. The van der Waals surface area contributed by atoms with Gasteiger partial charge in [0.25, 0.3) is 0 Å². The highest BCUT2D eigenvalue weighted by Gasteiger charge is 2.26. The topological polar surface area (TPSA) is 82.5 Å². The zero-order valence-corrected chi connectivity index (χ0v) is 15.2. The maximum Gasteiger partial charge on any atom is 0.336 e. The third-order valence-electron chi connectivity index (χ3n) is 4.75. The number of allylic oxidation sites excluding steroid dienone is 1. The number of carboxylic acids is 1. The Labute approximate surface area is 160 Å². The molecule has 0 saturated carbocycles. The van der Waals surface area contributed by atoms with E-state index in [4.69, 9.17) is 21.3 Å². The van der Waals surface area contributed by atoms with Crippen LogP contribution in [-0.2, 0) is 6.42 Å².